The maximum atomic E-state index is 11.5. The Morgan fingerprint density at radius 2 is 2.06 bits per heavy atom. The second-order valence-corrected chi connectivity index (χ2v) is 4.66. The van der Waals surface area contributed by atoms with Gasteiger partial charge in [-0.25, -0.2) is 0 Å². The van der Waals surface area contributed by atoms with Gasteiger partial charge in [-0.2, -0.15) is 0 Å². The number of aliphatic carboxylic acids is 1. The van der Waals surface area contributed by atoms with E-state index in [2.05, 4.69) is 0 Å². The molecule has 0 aromatic heterocycles. The molecule has 0 aliphatic heterocycles. The van der Waals surface area contributed by atoms with Crippen LogP contribution in [0.5, 0.6) is 0 Å². The van der Waals surface area contributed by atoms with Gasteiger partial charge in [0.05, 0.1) is 21.1 Å². The predicted molar refractivity (Wildman–Crippen MR) is 57.3 cm³/mol. The van der Waals surface area contributed by atoms with Gasteiger partial charge in [-0.3, -0.25) is 4.79 Å². The zero-order chi connectivity index (χ0) is 15.3. The van der Waals surface area contributed by atoms with Gasteiger partial charge in [0, 0.05) is 22.9 Å². The van der Waals surface area contributed by atoms with Crippen molar-refractivity contribution in [2.24, 2.45) is 0 Å². The van der Waals surface area contributed by atoms with Crippen molar-refractivity contribution in [1.29, 1.82) is 0 Å². The molecule has 0 bridgehead atoms. The summed E-state index contributed by atoms with van der Waals surface area (Å²) in [5.74, 6) is -2.00. The molecule has 0 unspecified atom stereocenters. The Kier molecular flexibility index (Phi) is 4.08. The number of carbonyl (C=O) groups excluding carboxylic acids is 2. The maximum Gasteiger partial charge on any atom is 0.306 e. The number of carbonyl (C=O) groups is 2. The van der Waals surface area contributed by atoms with E-state index >= 15 is 0 Å². The van der Waals surface area contributed by atoms with E-state index in [-0.39, 0.29) is 12.8 Å². The number of ether oxygens (including phenoxy) is 1. The molecule has 0 saturated carbocycles. The van der Waals surface area contributed by atoms with Gasteiger partial charge >= 0.3 is 5.97 Å². The molecule has 16 heavy (non-hydrogen) atoms. The summed E-state index contributed by atoms with van der Waals surface area (Å²) in [7, 11) is 5.50. The van der Waals surface area contributed by atoms with E-state index in [1.807, 2.05) is 21.1 Å². The van der Waals surface area contributed by atoms with Crippen LogP contribution >= 0.6 is 0 Å². The van der Waals surface area contributed by atoms with Gasteiger partial charge in [-0.15, -0.1) is 0 Å². The monoisotopic (exact) mass is 234 g/mol. The molecule has 0 amide bonds. The number of quaternary nitrogens is 1. The molecule has 0 saturated heterocycles. The average molecular weight is 234 g/mol. The molecule has 5 nitrogen and oxygen atoms in total. The lowest BCUT2D eigenvalue weighted by Gasteiger charge is -2.29. The van der Waals surface area contributed by atoms with E-state index in [4.69, 9.17) is 8.85 Å². The minimum Gasteiger partial charge on any atom is -0.550 e. The van der Waals surface area contributed by atoms with Crippen molar-refractivity contribution in [3.63, 3.8) is 0 Å². The lowest BCUT2D eigenvalue weighted by Crippen LogP contribution is -2.45. The van der Waals surface area contributed by atoms with Gasteiger partial charge in [-0.05, 0) is 6.42 Å². The number of hydrogen-bond acceptors (Lipinski definition) is 4. The standard InChI is InChI=1S/C11H21NO4/c1-5-6-11(15)16-9(7-10(13)14)8-12(2,3)4/h9H,5-8H2,1-4H3/t9-/m0/s1/i1D3. The van der Waals surface area contributed by atoms with Crippen LogP contribution in [0.3, 0.4) is 0 Å². The highest BCUT2D eigenvalue weighted by atomic mass is 16.5. The summed E-state index contributed by atoms with van der Waals surface area (Å²) in [6, 6.07) is 0. The minimum absolute atomic E-state index is 0.253. The Labute approximate surface area is 101 Å². The molecule has 0 fully saturated rings. The minimum atomic E-state index is -2.19. The topological polar surface area (TPSA) is 66.4 Å². The molecule has 0 spiro atoms. The largest absolute Gasteiger partial charge is 0.550 e. The molecule has 0 aromatic carbocycles. The van der Waals surface area contributed by atoms with Crippen LogP contribution in [-0.2, 0) is 14.3 Å². The van der Waals surface area contributed by atoms with E-state index in [0.29, 0.717) is 11.0 Å². The third kappa shape index (κ3) is 8.23. The first-order valence-corrected chi connectivity index (χ1v) is 5.09. The van der Waals surface area contributed by atoms with Crippen molar-refractivity contribution in [2.75, 3.05) is 27.7 Å². The summed E-state index contributed by atoms with van der Waals surface area (Å²) >= 11 is 0. The van der Waals surface area contributed by atoms with Crippen molar-refractivity contribution in [3.05, 3.63) is 0 Å². The first-order valence-electron chi connectivity index (χ1n) is 6.59. The van der Waals surface area contributed by atoms with Crippen LogP contribution in [0.4, 0.5) is 0 Å². The molecule has 0 rings (SSSR count). The molecule has 0 aliphatic rings. The van der Waals surface area contributed by atoms with Crippen LogP contribution in [0.15, 0.2) is 0 Å². The number of carboxylic acids is 1. The van der Waals surface area contributed by atoms with Crippen LogP contribution in [0.1, 0.15) is 30.2 Å². The quantitative estimate of drug-likeness (QED) is 0.442. The van der Waals surface area contributed by atoms with Crippen molar-refractivity contribution >= 4 is 11.9 Å². The highest BCUT2D eigenvalue weighted by Crippen LogP contribution is 2.06. The Morgan fingerprint density at radius 3 is 2.50 bits per heavy atom. The van der Waals surface area contributed by atoms with Crippen LogP contribution in [0.25, 0.3) is 0 Å². The van der Waals surface area contributed by atoms with Crippen LogP contribution < -0.4 is 5.11 Å². The van der Waals surface area contributed by atoms with Gasteiger partial charge in [0.25, 0.3) is 0 Å². The first kappa shape index (κ1) is 10.1. The van der Waals surface area contributed by atoms with Gasteiger partial charge < -0.3 is 19.1 Å². The highest BCUT2D eigenvalue weighted by molar-refractivity contribution is 5.70. The summed E-state index contributed by atoms with van der Waals surface area (Å²) in [4.78, 5) is 22.1. The van der Waals surface area contributed by atoms with E-state index in [1.54, 1.807) is 0 Å². The summed E-state index contributed by atoms with van der Waals surface area (Å²) in [6.45, 7) is -1.88. The zero-order valence-corrected chi connectivity index (χ0v) is 9.99. The number of nitrogens with zero attached hydrogens (tertiary/aromatic N) is 1. The molecule has 94 valence electrons. The summed E-state index contributed by atoms with van der Waals surface area (Å²) in [6.07, 6.45) is -1.74. The van der Waals surface area contributed by atoms with Crippen LogP contribution in [0.2, 0.25) is 0 Å². The summed E-state index contributed by atoms with van der Waals surface area (Å²) in [5, 5.41) is 10.6. The summed E-state index contributed by atoms with van der Waals surface area (Å²) in [5.41, 5.74) is 0. The van der Waals surface area contributed by atoms with E-state index in [1.165, 1.54) is 0 Å². The SMILES string of the molecule is [2H]C([2H])([2H])CCC(=O)O[C@@H](CC(=O)[O-])C[N+](C)(C)C. The normalized spacial score (nSPS) is 16.8. The Morgan fingerprint density at radius 1 is 1.44 bits per heavy atom. The number of rotatable bonds is 7. The third-order valence-electron chi connectivity index (χ3n) is 1.77. The number of likely N-dealkylation sites (N-methyl/N-ethyl adjacent to an activating group) is 1. The Hall–Kier alpha value is -1.10. The molecule has 0 radical (unpaired) electrons. The second-order valence-electron chi connectivity index (χ2n) is 4.66. The summed E-state index contributed by atoms with van der Waals surface area (Å²) < 4.78 is 26.4. The molecule has 0 heterocycles. The van der Waals surface area contributed by atoms with Crippen LogP contribution in [-0.4, -0.2) is 50.2 Å². The maximum absolute atomic E-state index is 11.5. The van der Waals surface area contributed by atoms with Crippen molar-refractivity contribution in [1.82, 2.24) is 0 Å². The predicted octanol–water partition coefficient (Wildman–Crippen LogP) is -0.455. The fourth-order valence-corrected chi connectivity index (χ4v) is 1.29. The lowest BCUT2D eigenvalue weighted by atomic mass is 10.2. The highest BCUT2D eigenvalue weighted by Gasteiger charge is 2.21. The molecule has 5 heteroatoms. The van der Waals surface area contributed by atoms with Gasteiger partial charge in [0.2, 0.25) is 0 Å². The molecule has 0 aliphatic carbocycles. The van der Waals surface area contributed by atoms with E-state index in [9.17, 15) is 14.7 Å². The van der Waals surface area contributed by atoms with Gasteiger partial charge in [0.1, 0.15) is 6.54 Å². The zero-order valence-electron chi connectivity index (χ0n) is 13.0. The average Bonchev–Trinajstić information content (AvgIpc) is 2.09. The van der Waals surface area contributed by atoms with Gasteiger partial charge in [-0.1, -0.05) is 6.85 Å². The van der Waals surface area contributed by atoms with Crippen LogP contribution in [0, 0.1) is 0 Å². The van der Waals surface area contributed by atoms with Gasteiger partial charge in [0.15, 0.2) is 6.10 Å². The smallest absolute Gasteiger partial charge is 0.306 e. The first-order chi connectivity index (χ1) is 8.39. The number of esters is 1. The van der Waals surface area contributed by atoms with E-state index < -0.39 is 31.3 Å². The Balaban J connectivity index is 4.39. The number of carboxylic acid groups (broad SMARTS) is 1. The molecule has 0 N–H and O–H groups in total. The number of hydrogen-bond donors (Lipinski definition) is 0. The van der Waals surface area contributed by atoms with E-state index in [0.717, 1.165) is 0 Å². The van der Waals surface area contributed by atoms with Crippen molar-refractivity contribution in [2.45, 2.75) is 32.2 Å². The van der Waals surface area contributed by atoms with Crippen molar-refractivity contribution in [3.8, 4) is 0 Å². The molecular weight excluding hydrogens is 210 g/mol. The molecule has 1 atom stereocenters. The lowest BCUT2D eigenvalue weighted by molar-refractivity contribution is -0.873. The van der Waals surface area contributed by atoms with Crippen molar-refractivity contribution < 1.29 is 28.0 Å². The third-order valence-corrected chi connectivity index (χ3v) is 1.77. The second kappa shape index (κ2) is 6.48. The Bertz CT molecular complexity index is 323. The molecular formula is C11H21NO4. The fourth-order valence-electron chi connectivity index (χ4n) is 1.29. The fraction of sp³-hybridized carbons (Fsp3) is 0.818. The molecule has 0 aromatic rings.